The summed E-state index contributed by atoms with van der Waals surface area (Å²) in [5, 5.41) is 9.49. The van der Waals surface area contributed by atoms with Crippen molar-refractivity contribution in [3.8, 4) is 0 Å². The lowest BCUT2D eigenvalue weighted by atomic mass is 9.93. The van der Waals surface area contributed by atoms with Crippen molar-refractivity contribution in [3.05, 3.63) is 35.4 Å². The molecule has 21 heavy (non-hydrogen) atoms. The maximum Gasteiger partial charge on any atom is 0.326 e. The second-order valence-electron chi connectivity index (χ2n) is 6.58. The number of fused-ring (bicyclic) bond motifs is 2. The number of benzene rings is 1. The van der Waals surface area contributed by atoms with Crippen LogP contribution in [0.4, 0.5) is 0 Å². The molecule has 4 heteroatoms. The molecule has 2 saturated carbocycles. The highest BCUT2D eigenvalue weighted by Crippen LogP contribution is 2.58. The number of hydrogen-bond donors (Lipinski definition) is 1. The van der Waals surface area contributed by atoms with Gasteiger partial charge in [-0.1, -0.05) is 30.7 Å². The Morgan fingerprint density at radius 2 is 1.76 bits per heavy atom. The zero-order valence-electron chi connectivity index (χ0n) is 11.9. The molecule has 1 aromatic carbocycles. The maximum absolute atomic E-state index is 12.8. The molecule has 1 amide bonds. The van der Waals surface area contributed by atoms with E-state index in [1.165, 1.54) is 6.42 Å². The van der Waals surface area contributed by atoms with Crippen LogP contribution < -0.4 is 0 Å². The van der Waals surface area contributed by atoms with E-state index < -0.39 is 12.0 Å². The molecule has 110 valence electrons. The van der Waals surface area contributed by atoms with Gasteiger partial charge in [-0.25, -0.2) is 4.79 Å². The van der Waals surface area contributed by atoms with Crippen LogP contribution in [0.25, 0.3) is 0 Å². The van der Waals surface area contributed by atoms with Gasteiger partial charge in [-0.3, -0.25) is 4.79 Å². The fraction of sp³-hybridized carbons (Fsp3) is 0.529. The van der Waals surface area contributed by atoms with Gasteiger partial charge in [0.2, 0.25) is 5.91 Å². The van der Waals surface area contributed by atoms with Crippen LogP contribution in [0.3, 0.4) is 0 Å². The second-order valence-corrected chi connectivity index (χ2v) is 6.58. The van der Waals surface area contributed by atoms with E-state index in [0.29, 0.717) is 24.8 Å². The van der Waals surface area contributed by atoms with Gasteiger partial charge in [0.25, 0.3) is 0 Å². The lowest BCUT2D eigenvalue weighted by molar-refractivity contribution is -0.152. The molecule has 1 N–H and O–H groups in total. The number of carbonyl (C=O) groups excluding carboxylic acids is 1. The highest BCUT2D eigenvalue weighted by atomic mass is 16.4. The van der Waals surface area contributed by atoms with Crippen molar-refractivity contribution in [2.45, 2.75) is 38.3 Å². The molecule has 4 nitrogen and oxygen atoms in total. The molecule has 2 fully saturated rings. The molecule has 0 aromatic heterocycles. The zero-order chi connectivity index (χ0) is 14.6. The lowest BCUT2D eigenvalue weighted by Gasteiger charge is -2.35. The highest BCUT2D eigenvalue weighted by molar-refractivity contribution is 5.88. The summed E-state index contributed by atoms with van der Waals surface area (Å²) in [6, 6.07) is 7.16. The quantitative estimate of drug-likeness (QED) is 0.905. The fourth-order valence-electron chi connectivity index (χ4n) is 4.35. The molecule has 0 unspecified atom stereocenters. The SMILES string of the molecule is O=C(O)[C@@H]1Cc2ccccc2CN1C(=O)C1[C@H]2CCC[C@H]12. The number of carboxylic acid groups (broad SMARTS) is 1. The van der Waals surface area contributed by atoms with Crippen molar-refractivity contribution in [3.63, 3.8) is 0 Å². The van der Waals surface area contributed by atoms with Gasteiger partial charge in [0.05, 0.1) is 0 Å². The number of aliphatic carboxylic acids is 1. The molecule has 3 atom stereocenters. The van der Waals surface area contributed by atoms with E-state index >= 15 is 0 Å². The first-order valence-corrected chi connectivity index (χ1v) is 7.77. The molecule has 0 spiro atoms. The van der Waals surface area contributed by atoms with E-state index in [4.69, 9.17) is 0 Å². The van der Waals surface area contributed by atoms with Crippen LogP contribution in [0.2, 0.25) is 0 Å². The second kappa shape index (κ2) is 4.58. The Morgan fingerprint density at radius 1 is 1.10 bits per heavy atom. The molecule has 3 aliphatic rings. The van der Waals surface area contributed by atoms with Gasteiger partial charge in [0, 0.05) is 18.9 Å². The summed E-state index contributed by atoms with van der Waals surface area (Å²) in [7, 11) is 0. The summed E-state index contributed by atoms with van der Waals surface area (Å²) in [6.07, 6.45) is 3.94. The number of nitrogens with zero attached hydrogens (tertiary/aromatic N) is 1. The normalized spacial score (nSPS) is 33.2. The minimum absolute atomic E-state index is 0.0756. The van der Waals surface area contributed by atoms with Gasteiger partial charge in [0.15, 0.2) is 0 Å². The van der Waals surface area contributed by atoms with E-state index in [1.54, 1.807) is 4.90 Å². The van der Waals surface area contributed by atoms with Gasteiger partial charge < -0.3 is 10.0 Å². The van der Waals surface area contributed by atoms with Crippen molar-refractivity contribution in [1.29, 1.82) is 0 Å². The summed E-state index contributed by atoms with van der Waals surface area (Å²) in [6.45, 7) is 0.446. The topological polar surface area (TPSA) is 57.6 Å². The molecule has 4 rings (SSSR count). The van der Waals surface area contributed by atoms with Crippen LogP contribution in [-0.4, -0.2) is 27.9 Å². The van der Waals surface area contributed by atoms with Crippen molar-refractivity contribution < 1.29 is 14.7 Å². The summed E-state index contributed by atoms with van der Waals surface area (Å²) >= 11 is 0. The molecule has 0 saturated heterocycles. The molecule has 0 radical (unpaired) electrons. The van der Waals surface area contributed by atoms with Crippen LogP contribution in [0.5, 0.6) is 0 Å². The van der Waals surface area contributed by atoms with Crippen LogP contribution in [0, 0.1) is 17.8 Å². The molecular formula is C17H19NO3. The van der Waals surface area contributed by atoms with E-state index in [-0.39, 0.29) is 11.8 Å². The third-order valence-corrected chi connectivity index (χ3v) is 5.51. The first kappa shape index (κ1) is 12.9. The average Bonchev–Trinajstić information content (AvgIpc) is 2.97. The van der Waals surface area contributed by atoms with Crippen LogP contribution in [-0.2, 0) is 22.6 Å². The smallest absolute Gasteiger partial charge is 0.326 e. The molecule has 2 aliphatic carbocycles. The van der Waals surface area contributed by atoms with Crippen LogP contribution in [0.1, 0.15) is 30.4 Å². The van der Waals surface area contributed by atoms with Crippen molar-refractivity contribution in [2.75, 3.05) is 0 Å². The molecular weight excluding hydrogens is 266 g/mol. The maximum atomic E-state index is 12.8. The van der Waals surface area contributed by atoms with Crippen LogP contribution in [0.15, 0.2) is 24.3 Å². The summed E-state index contributed by atoms with van der Waals surface area (Å²) in [5.74, 6) is 0.356. The Balaban J connectivity index is 1.60. The van der Waals surface area contributed by atoms with E-state index in [1.807, 2.05) is 24.3 Å². The number of carboxylic acids is 1. The third kappa shape index (κ3) is 1.96. The molecule has 0 bridgehead atoms. The first-order valence-electron chi connectivity index (χ1n) is 7.77. The number of amides is 1. The predicted molar refractivity (Wildman–Crippen MR) is 76.4 cm³/mol. The molecule has 1 heterocycles. The fourth-order valence-corrected chi connectivity index (χ4v) is 4.35. The molecule has 1 aromatic rings. The van der Waals surface area contributed by atoms with Gasteiger partial charge in [-0.2, -0.15) is 0 Å². The molecule has 1 aliphatic heterocycles. The minimum atomic E-state index is -0.885. The third-order valence-electron chi connectivity index (χ3n) is 5.51. The number of rotatable bonds is 2. The van der Waals surface area contributed by atoms with Crippen molar-refractivity contribution in [1.82, 2.24) is 4.90 Å². The first-order chi connectivity index (χ1) is 10.2. The monoisotopic (exact) mass is 285 g/mol. The Kier molecular flexibility index (Phi) is 2.81. The van der Waals surface area contributed by atoms with Crippen molar-refractivity contribution in [2.24, 2.45) is 17.8 Å². The van der Waals surface area contributed by atoms with Crippen molar-refractivity contribution >= 4 is 11.9 Å². The van der Waals surface area contributed by atoms with Gasteiger partial charge in [-0.05, 0) is 35.8 Å². The Hall–Kier alpha value is -1.84. The lowest BCUT2D eigenvalue weighted by Crippen LogP contribution is -2.49. The van der Waals surface area contributed by atoms with E-state index in [0.717, 1.165) is 24.0 Å². The highest BCUT2D eigenvalue weighted by Gasteiger charge is 2.58. The summed E-state index contributed by atoms with van der Waals surface area (Å²) < 4.78 is 0. The predicted octanol–water partition coefficient (Wildman–Crippen LogP) is 2.07. The van der Waals surface area contributed by atoms with E-state index in [9.17, 15) is 14.7 Å². The largest absolute Gasteiger partial charge is 0.480 e. The Labute approximate surface area is 123 Å². The minimum Gasteiger partial charge on any atom is -0.480 e. The Bertz CT molecular complexity index is 602. The van der Waals surface area contributed by atoms with Gasteiger partial charge in [-0.15, -0.1) is 0 Å². The number of carbonyl (C=O) groups is 2. The van der Waals surface area contributed by atoms with Crippen LogP contribution >= 0.6 is 0 Å². The number of hydrogen-bond acceptors (Lipinski definition) is 2. The summed E-state index contributed by atoms with van der Waals surface area (Å²) in [4.78, 5) is 26.0. The van der Waals surface area contributed by atoms with E-state index in [2.05, 4.69) is 0 Å². The van der Waals surface area contributed by atoms with Gasteiger partial charge >= 0.3 is 5.97 Å². The zero-order valence-corrected chi connectivity index (χ0v) is 11.9. The summed E-state index contributed by atoms with van der Waals surface area (Å²) in [5.41, 5.74) is 2.15. The van der Waals surface area contributed by atoms with Gasteiger partial charge in [0.1, 0.15) is 6.04 Å². The Morgan fingerprint density at radius 3 is 2.43 bits per heavy atom. The average molecular weight is 285 g/mol. The standard InChI is InChI=1S/C17H19NO3/c19-16(15-12-6-3-7-13(12)15)18-9-11-5-2-1-4-10(11)8-14(18)17(20)21/h1-2,4-5,12-15H,3,6-9H2,(H,20,21)/t12-,13-,14-/m0/s1.